The van der Waals surface area contributed by atoms with Crippen LogP contribution in [0.5, 0.6) is 0 Å². The Balaban J connectivity index is 0.728. The Bertz CT molecular complexity index is 4740. The number of hydrogen-bond acceptors (Lipinski definition) is 51. The van der Waals surface area contributed by atoms with E-state index in [4.69, 9.17) is 94.7 Å². The molecule has 25 N–H and O–H groups in total. The number of carbonyl (C=O) groups is 7. The van der Waals surface area contributed by atoms with Crippen molar-refractivity contribution in [2.24, 2.45) is 16.7 Å². The molecule has 0 spiro atoms. The molecule has 53 heteroatoms. The monoisotopic (exact) mass is 2080 g/mol. The smallest absolute Gasteiger partial charge is 0.408 e. The van der Waals surface area contributed by atoms with Gasteiger partial charge in [0.15, 0.2) is 55.4 Å². The van der Waals surface area contributed by atoms with Crippen molar-refractivity contribution in [3.8, 4) is 0 Å². The van der Waals surface area contributed by atoms with Crippen molar-refractivity contribution in [1.82, 2.24) is 16.0 Å². The van der Waals surface area contributed by atoms with Gasteiger partial charge in [-0.3, -0.25) is 19.2 Å². The van der Waals surface area contributed by atoms with Gasteiger partial charge in [-0.2, -0.15) is 11.8 Å². The van der Waals surface area contributed by atoms with Gasteiger partial charge in [0.25, 0.3) is 0 Å². The number of thioether (sulfide) groups is 1. The first kappa shape index (κ1) is 113. The summed E-state index contributed by atoms with van der Waals surface area (Å²) < 4.78 is 119. The standard InChI is InChI=1S/C91H131N3O49S/c1-32-38(22-91(123)75(141-77(120)36-19-15-12-16-20-36)73-89(9,74(118)50(103)48(32)88(91,7)8)45(101)21-46-90(73,31-124-46)142-34(3)100)126-78(121)72(49(35-17-13-11-14-18-35)94-86(122)143-87(4,5)6)133-47(102)23-93-76(119)37(92-10)29-144-30-44-71-57(110)64(117)85(132-44)139-70-43(28-99)130-83(62(115)55(70)108)137-68-41(26-97)129-82(61(114)54(68)107)136-67-40(25-96)127-80(59(112)52(67)105)134-65-33(2)125-79(58(111)51(65)104)135-66-39(24-95)128-81(60(113)53(66)106)138-69-42(27-98)131-84(140-71)63(116)56(69)109/h11-20,33,37-46,49-73,75,79-85,92,95-99,101,103-117,123H,21-31H2,1-10H3,(H,93,119)(H,94,122)/t33?,37?,38-,39?,40?,41?,42?,43?,44?,45-,46+,49-,50+,51+,52+,53?,54+,55?,56?,57?,58?,59?,60-,61?,62-,63-,64-,65+,66+,67+,68+,69+,70+,71+,72+,73-,75-,79+,80+,81+,82+,83+,84+,85+,89+,90-,91+/m0/s1. The van der Waals surface area contributed by atoms with Crippen molar-refractivity contribution in [2.75, 3.05) is 64.7 Å². The van der Waals surface area contributed by atoms with Crippen LogP contribution in [0.25, 0.3) is 0 Å². The summed E-state index contributed by atoms with van der Waals surface area (Å²) in [6.07, 6.45) is -86.7. The topological polar surface area (TPSA) is 785 Å². The van der Waals surface area contributed by atoms with Gasteiger partial charge in [0, 0.05) is 36.7 Å². The van der Waals surface area contributed by atoms with Gasteiger partial charge in [0.1, 0.15) is 207 Å². The molecule has 2 aromatic rings. The number of benzene rings is 2. The Morgan fingerprint density at radius 2 is 0.924 bits per heavy atom. The molecule has 144 heavy (non-hydrogen) atoms. The first-order chi connectivity index (χ1) is 68.0. The molecule has 2 amide bonds. The lowest BCUT2D eigenvalue weighted by atomic mass is 9.44. The minimum Gasteiger partial charge on any atom is -0.455 e. The number of ether oxygens (including phenoxy) is 20. The van der Waals surface area contributed by atoms with Crippen LogP contribution in [0.3, 0.4) is 0 Å². The van der Waals surface area contributed by atoms with Gasteiger partial charge in [-0.05, 0) is 77.4 Å². The summed E-state index contributed by atoms with van der Waals surface area (Å²) in [5, 5.41) is 266. The quantitative estimate of drug-likeness (QED) is 0.0296. The van der Waals surface area contributed by atoms with Gasteiger partial charge >= 0.3 is 30.0 Å². The van der Waals surface area contributed by atoms with Gasteiger partial charge < -0.3 is 223 Å². The van der Waals surface area contributed by atoms with Gasteiger partial charge in [0.05, 0.1) is 80.9 Å². The Labute approximate surface area is 826 Å². The summed E-state index contributed by atoms with van der Waals surface area (Å²) in [5.41, 5.74) is -10.4. The Kier molecular flexibility index (Phi) is 35.9. The maximum Gasteiger partial charge on any atom is 0.408 e. The second-order valence-corrected chi connectivity index (χ2v) is 40.7. The lowest BCUT2D eigenvalue weighted by Crippen LogP contribution is -2.81. The number of esters is 4. The summed E-state index contributed by atoms with van der Waals surface area (Å²) in [7, 11) is 1.29. The summed E-state index contributed by atoms with van der Waals surface area (Å²) >= 11 is 0.772. The molecule has 3 aliphatic carbocycles. The molecule has 47 atom stereocenters. The number of aliphatic hydroxyl groups is 22. The van der Waals surface area contributed by atoms with Crippen molar-refractivity contribution >= 4 is 53.4 Å². The largest absolute Gasteiger partial charge is 0.455 e. The van der Waals surface area contributed by atoms with Gasteiger partial charge in [0.2, 0.25) is 12.0 Å². The zero-order chi connectivity index (χ0) is 105. The molecule has 52 nitrogen and oxygen atoms in total. The third-order valence-corrected chi connectivity index (χ3v) is 30.1. The van der Waals surface area contributed by atoms with Crippen LogP contribution in [-0.2, 0) is 119 Å². The number of amides is 2. The van der Waals surface area contributed by atoms with Crippen molar-refractivity contribution < 1.29 is 241 Å². The second kappa shape index (κ2) is 45.8. The molecule has 15 unspecified atom stereocenters. The Morgan fingerprint density at radius 3 is 1.32 bits per heavy atom. The van der Waals surface area contributed by atoms with Crippen molar-refractivity contribution in [2.45, 2.75) is 356 Å². The molecule has 22 aliphatic heterocycles. The van der Waals surface area contributed by atoms with E-state index in [2.05, 4.69) is 16.0 Å². The molecular weight excluding hydrogens is 1950 g/mol. The number of nitrogens with one attached hydrogen (secondary N) is 3. The first-order valence-corrected chi connectivity index (χ1v) is 48.3. The fourth-order valence-electron chi connectivity index (χ4n) is 21.1. The van der Waals surface area contributed by atoms with E-state index in [0.29, 0.717) is 0 Å². The van der Waals surface area contributed by atoms with Gasteiger partial charge in [-0.15, -0.1) is 0 Å². The molecule has 24 fully saturated rings. The fraction of sp³-hybridized carbons (Fsp3) is 0.769. The van der Waals surface area contributed by atoms with Gasteiger partial charge in [-0.25, -0.2) is 14.4 Å². The van der Waals surface area contributed by atoms with Crippen molar-refractivity contribution in [3.05, 3.63) is 82.9 Å². The third kappa shape index (κ3) is 22.1. The highest BCUT2D eigenvalue weighted by Gasteiger charge is 2.79. The van der Waals surface area contributed by atoms with E-state index in [1.54, 1.807) is 12.1 Å². The number of likely N-dealkylation sites (N-methyl/N-ethyl adjacent to an activating group) is 1. The normalized spacial score (nSPS) is 44.2. The second-order valence-electron chi connectivity index (χ2n) is 39.6. The molecule has 25 aliphatic rings. The van der Waals surface area contributed by atoms with E-state index >= 15 is 9.59 Å². The highest BCUT2D eigenvalue weighted by Crippen LogP contribution is 2.65. The SMILES string of the molecule is CNC(CSCC1O[C@@H]2O[C@@H]3C(CO)O[C@H](O[C@@H]4C(CO)O[C@H](O[C@@H]5C(CO)O[C@H](O[C@@H]6C(C)O[C@H](O[C@@H]7C(CO)O[C@H](O[C@@H]8C(CO)O[C@H](O[C@H]1C(O)[C@@H]2O)[C@@H](O)C8O)[C@@H](O)C7O)C(O)[C@H]6O)C(O)[C@H]5O)C(O)[C@H]4O)[C@@H](O)C3O)C(=O)NCC(=O)O[C@@H](C(=O)O[C@H]1C[C@@]2(O)[C@@H](OC(=O)c3ccccc3)[C@@H]3[C@]4(OC(C)=O)CO[C@@H]4C[C@H](O)[C@@]3(C)C(=O)[C@H](O)C(=C1C)C2(C)C)[C@@H](NC(=O)OC(C)(C)C)c1ccccc1. The minimum atomic E-state index is -2.67. The number of alkyl carbamates (subject to hydrolysis) is 1. The third-order valence-electron chi connectivity index (χ3n) is 29.0. The predicted octanol–water partition coefficient (Wildman–Crippen LogP) is -10.9. The zero-order valence-electron chi connectivity index (χ0n) is 79.7. The van der Waals surface area contributed by atoms with Crippen LogP contribution in [-0.4, -0.2) is 493 Å². The summed E-state index contributed by atoms with van der Waals surface area (Å²) in [6.45, 7) is 5.16. The lowest BCUT2D eigenvalue weighted by molar-refractivity contribution is -0.395. The number of carbonyl (C=O) groups excluding carboxylic acids is 7. The molecule has 0 radical (unpaired) electrons. The molecule has 16 bridgehead atoms. The highest BCUT2D eigenvalue weighted by molar-refractivity contribution is 7.99. The summed E-state index contributed by atoms with van der Waals surface area (Å²) in [5.74, 6) is -9.75. The van der Waals surface area contributed by atoms with Crippen LogP contribution < -0.4 is 16.0 Å². The maximum atomic E-state index is 15.8. The number of aliphatic hydroxyl groups excluding tert-OH is 21. The van der Waals surface area contributed by atoms with Crippen LogP contribution in [0.1, 0.15) is 97.1 Å². The molecule has 810 valence electrons. The van der Waals surface area contributed by atoms with E-state index in [9.17, 15) is 136 Å². The molecule has 27 rings (SSSR count). The first-order valence-electron chi connectivity index (χ1n) is 47.1. The summed E-state index contributed by atoms with van der Waals surface area (Å²) in [4.78, 5) is 103. The molecule has 2 saturated carbocycles. The average Bonchev–Trinajstić information content (AvgIpc) is 0.666. The van der Waals surface area contributed by atoms with E-state index in [-0.39, 0.29) is 28.7 Å². The minimum absolute atomic E-state index is 0.0511. The van der Waals surface area contributed by atoms with E-state index in [1.807, 2.05) is 0 Å². The van der Waals surface area contributed by atoms with Crippen LogP contribution in [0, 0.1) is 16.7 Å². The van der Waals surface area contributed by atoms with Crippen LogP contribution in [0.15, 0.2) is 71.8 Å². The molecule has 0 aromatic heterocycles. The number of hydrogen-bond donors (Lipinski definition) is 25. The molecule has 2 aromatic carbocycles. The predicted molar refractivity (Wildman–Crippen MR) is 471 cm³/mol. The number of ketones is 1. The lowest BCUT2D eigenvalue weighted by Gasteiger charge is -2.67. The van der Waals surface area contributed by atoms with E-state index in [0.717, 1.165) is 18.7 Å². The van der Waals surface area contributed by atoms with E-state index in [1.165, 1.54) is 111 Å². The number of fused-ring (bicyclic) bond motifs is 5. The molecule has 22 saturated heterocycles. The number of rotatable bonds is 22. The van der Waals surface area contributed by atoms with Crippen molar-refractivity contribution in [3.63, 3.8) is 0 Å². The van der Waals surface area contributed by atoms with Crippen molar-refractivity contribution in [1.29, 1.82) is 0 Å². The van der Waals surface area contributed by atoms with Gasteiger partial charge in [-0.1, -0.05) is 62.4 Å². The Hall–Kier alpha value is -6.70. The summed E-state index contributed by atoms with van der Waals surface area (Å²) in [6, 6.07) is 11.6. The molecule has 22 heterocycles. The van der Waals surface area contributed by atoms with E-state index < -0.39 is 403 Å². The van der Waals surface area contributed by atoms with Crippen LogP contribution >= 0.6 is 11.8 Å². The zero-order valence-corrected chi connectivity index (χ0v) is 80.5. The average molecular weight is 2080 g/mol. The fourth-order valence-corrected chi connectivity index (χ4v) is 22.3. The molecular formula is C91H131N3O49S. The van der Waals surface area contributed by atoms with Crippen LogP contribution in [0.2, 0.25) is 0 Å². The Morgan fingerprint density at radius 1 is 0.528 bits per heavy atom. The highest BCUT2D eigenvalue weighted by atomic mass is 32.2. The maximum absolute atomic E-state index is 15.8. The number of Topliss-reactive ketones (excluding diaryl/α,β-unsaturated/α-hetero) is 1. The van der Waals surface area contributed by atoms with Crippen LogP contribution in [0.4, 0.5) is 4.79 Å².